The molecular weight excluding hydrogens is 587 g/mol. The number of carbonyl (C=O) groups excluding carboxylic acids is 2. The maximum Gasteiger partial charge on any atom is 0.328 e. The molecule has 4 aromatic rings. The first-order valence-corrected chi connectivity index (χ1v) is 15.7. The highest BCUT2D eigenvalue weighted by molar-refractivity contribution is 5.99. The van der Waals surface area contributed by atoms with Crippen molar-refractivity contribution in [2.75, 3.05) is 51.3 Å². The lowest BCUT2D eigenvalue weighted by atomic mass is 10.1. The minimum Gasteiger partial charge on any atom is -0.477 e. The molecule has 0 saturated carbocycles. The van der Waals surface area contributed by atoms with Crippen molar-refractivity contribution in [2.24, 2.45) is 0 Å². The summed E-state index contributed by atoms with van der Waals surface area (Å²) in [6.45, 7) is 7.30. The number of benzene rings is 1. The number of likely N-dealkylation sites (tertiary alicyclic amines) is 1. The Labute approximate surface area is 267 Å². The molecule has 1 N–H and O–H groups in total. The lowest BCUT2D eigenvalue weighted by molar-refractivity contribution is 0.0933. The highest BCUT2D eigenvalue weighted by Gasteiger charge is 2.33. The van der Waals surface area contributed by atoms with Gasteiger partial charge in [-0.3, -0.25) is 9.36 Å². The maximum atomic E-state index is 14.0. The third-order valence-electron chi connectivity index (χ3n) is 8.75. The van der Waals surface area contributed by atoms with E-state index in [1.807, 2.05) is 51.2 Å². The van der Waals surface area contributed by atoms with Crippen LogP contribution in [-0.2, 0) is 0 Å². The van der Waals surface area contributed by atoms with Gasteiger partial charge in [-0.2, -0.15) is 5.26 Å². The predicted molar refractivity (Wildman–Crippen MR) is 172 cm³/mol. The van der Waals surface area contributed by atoms with Crippen molar-refractivity contribution in [2.45, 2.75) is 38.8 Å². The molecule has 0 unspecified atom stereocenters. The average molecular weight is 625 g/mol. The second-order valence-electron chi connectivity index (χ2n) is 11.7. The Morgan fingerprint density at radius 1 is 1.13 bits per heavy atom. The molecule has 5 heterocycles. The number of likely N-dealkylation sites (N-methyl/N-ethyl adjacent to an activating group) is 1. The molecular formula is C34H37FN8O3. The quantitative estimate of drug-likeness (QED) is 0.319. The van der Waals surface area contributed by atoms with Crippen LogP contribution in [0.5, 0.6) is 5.88 Å². The average Bonchev–Trinajstić information content (AvgIpc) is 3.69. The number of piperazine rings is 1. The van der Waals surface area contributed by atoms with Crippen LogP contribution in [0.3, 0.4) is 0 Å². The summed E-state index contributed by atoms with van der Waals surface area (Å²) in [5.41, 5.74) is 2.79. The van der Waals surface area contributed by atoms with Crippen molar-refractivity contribution >= 4 is 28.5 Å². The topological polar surface area (TPSA) is 120 Å². The number of pyridine rings is 2. The Kier molecular flexibility index (Phi) is 8.85. The number of hydrogen-bond acceptors (Lipinski definition) is 8. The molecule has 2 saturated heterocycles. The Morgan fingerprint density at radius 3 is 2.72 bits per heavy atom. The largest absolute Gasteiger partial charge is 0.477 e. The molecule has 238 valence electrons. The molecule has 2 atom stereocenters. The van der Waals surface area contributed by atoms with Crippen LogP contribution in [0.15, 0.2) is 54.9 Å². The lowest BCUT2D eigenvalue weighted by Crippen LogP contribution is -2.56. The van der Waals surface area contributed by atoms with Gasteiger partial charge in [0.2, 0.25) is 5.88 Å². The highest BCUT2D eigenvalue weighted by atomic mass is 19.1. The van der Waals surface area contributed by atoms with Crippen LogP contribution in [0.1, 0.15) is 42.7 Å². The van der Waals surface area contributed by atoms with Crippen molar-refractivity contribution in [1.29, 1.82) is 5.26 Å². The zero-order chi connectivity index (χ0) is 32.4. The number of anilines is 1. The molecule has 2 fully saturated rings. The third kappa shape index (κ3) is 5.98. The molecule has 2 aliphatic rings. The lowest BCUT2D eigenvalue weighted by Gasteiger charge is -2.43. The van der Waals surface area contributed by atoms with E-state index in [4.69, 9.17) is 9.72 Å². The van der Waals surface area contributed by atoms with Crippen LogP contribution < -0.4 is 15.0 Å². The number of fused-ring (bicyclic) bond motifs is 1. The first-order chi connectivity index (χ1) is 22.3. The molecule has 6 rings (SSSR count). The van der Waals surface area contributed by atoms with E-state index in [1.165, 1.54) is 10.6 Å². The summed E-state index contributed by atoms with van der Waals surface area (Å²) < 4.78 is 21.2. The summed E-state index contributed by atoms with van der Waals surface area (Å²) in [4.78, 5) is 43.1. The van der Waals surface area contributed by atoms with Crippen LogP contribution in [0, 0.1) is 17.1 Å². The summed E-state index contributed by atoms with van der Waals surface area (Å²) in [6, 6.07) is 13.3. The monoisotopic (exact) mass is 624 g/mol. The van der Waals surface area contributed by atoms with Gasteiger partial charge in [-0.25, -0.2) is 19.2 Å². The first kappa shape index (κ1) is 31.0. The van der Waals surface area contributed by atoms with Crippen LogP contribution in [0.25, 0.3) is 22.2 Å². The molecule has 0 radical (unpaired) electrons. The number of nitriles is 1. The number of nitrogens with zero attached hydrogens (tertiary/aromatic N) is 7. The number of aromatic nitrogens is 3. The maximum absolute atomic E-state index is 14.0. The Hall–Kier alpha value is -5.02. The fraction of sp³-hybridized carbons (Fsp3) is 0.382. The van der Waals surface area contributed by atoms with Gasteiger partial charge in [0.15, 0.2) is 5.69 Å². The molecule has 11 nitrogen and oxygen atoms in total. The van der Waals surface area contributed by atoms with Gasteiger partial charge in [-0.15, -0.1) is 0 Å². The number of carbonyl (C=O) groups is 2. The fourth-order valence-corrected chi connectivity index (χ4v) is 6.48. The molecule has 3 aromatic heterocycles. The molecule has 2 amide bonds. The van der Waals surface area contributed by atoms with E-state index in [2.05, 4.69) is 20.1 Å². The van der Waals surface area contributed by atoms with Crippen molar-refractivity contribution in [3.05, 3.63) is 71.9 Å². The van der Waals surface area contributed by atoms with Crippen LogP contribution in [-0.4, -0.2) is 94.7 Å². The number of rotatable bonds is 7. The Morgan fingerprint density at radius 2 is 1.98 bits per heavy atom. The molecule has 0 spiro atoms. The van der Waals surface area contributed by atoms with E-state index >= 15 is 0 Å². The summed E-state index contributed by atoms with van der Waals surface area (Å²) in [5.74, 6) is -0.319. The van der Waals surface area contributed by atoms with Crippen molar-refractivity contribution < 1.29 is 18.7 Å². The van der Waals surface area contributed by atoms with Crippen molar-refractivity contribution in [3.8, 4) is 23.2 Å². The summed E-state index contributed by atoms with van der Waals surface area (Å²) in [6.07, 6.45) is 4.82. The van der Waals surface area contributed by atoms with E-state index in [9.17, 15) is 19.2 Å². The SMILES string of the molecule is CCOc1ncccc1-c1ccc(N2CCN(C(=O)n3ccc4cc(F)cc(C#N)c43)C[C@H]2CC)c(C(=O)N[C@@H]2CCN(C)C2)n1. The van der Waals surface area contributed by atoms with Gasteiger partial charge in [0.05, 0.1) is 34.6 Å². The van der Waals surface area contributed by atoms with E-state index in [0.717, 1.165) is 25.6 Å². The van der Waals surface area contributed by atoms with E-state index in [1.54, 1.807) is 23.4 Å². The number of nitrogens with one attached hydrogen (secondary N) is 1. The molecule has 46 heavy (non-hydrogen) atoms. The fourth-order valence-electron chi connectivity index (χ4n) is 6.48. The molecule has 2 aliphatic heterocycles. The normalized spacial score (nSPS) is 18.5. The zero-order valence-corrected chi connectivity index (χ0v) is 26.2. The van der Waals surface area contributed by atoms with E-state index in [-0.39, 0.29) is 29.6 Å². The van der Waals surface area contributed by atoms with Crippen molar-refractivity contribution in [3.63, 3.8) is 0 Å². The van der Waals surface area contributed by atoms with Gasteiger partial charge in [-0.05, 0) is 75.8 Å². The smallest absolute Gasteiger partial charge is 0.328 e. The van der Waals surface area contributed by atoms with Gasteiger partial charge in [0.25, 0.3) is 5.91 Å². The molecule has 0 bridgehead atoms. The predicted octanol–water partition coefficient (Wildman–Crippen LogP) is 4.51. The van der Waals surface area contributed by atoms with Gasteiger partial charge in [-0.1, -0.05) is 6.92 Å². The molecule has 1 aromatic carbocycles. The zero-order valence-electron chi connectivity index (χ0n) is 26.2. The summed E-state index contributed by atoms with van der Waals surface area (Å²) in [5, 5.41) is 13.3. The van der Waals surface area contributed by atoms with Gasteiger partial charge in [0, 0.05) is 56.0 Å². The van der Waals surface area contributed by atoms with Crippen molar-refractivity contribution in [1.82, 2.24) is 29.7 Å². The Bertz CT molecular complexity index is 1820. The van der Waals surface area contributed by atoms with Gasteiger partial charge >= 0.3 is 6.03 Å². The van der Waals surface area contributed by atoms with E-state index in [0.29, 0.717) is 72.1 Å². The highest BCUT2D eigenvalue weighted by Crippen LogP contribution is 2.32. The second kappa shape index (κ2) is 13.1. The Balaban J connectivity index is 1.31. The van der Waals surface area contributed by atoms with Gasteiger partial charge < -0.3 is 24.8 Å². The number of hydrogen-bond donors (Lipinski definition) is 1. The van der Waals surface area contributed by atoms with Crippen LogP contribution in [0.2, 0.25) is 0 Å². The van der Waals surface area contributed by atoms with Crippen LogP contribution >= 0.6 is 0 Å². The standard InChI is InChI=1S/C34H37FN8O3/c1-4-26-21-41(34(45)43-14-10-22-17-24(35)18-23(19-36)31(22)43)15-16-42(26)29-9-8-28(27-7-6-12-37-33(27)46-5-2)39-30(29)32(44)38-25-11-13-40(3)20-25/h6-10,12,14,17-18,25-26H,4-5,11,13,15-16,20-21H2,1-3H3,(H,38,44)/t25-,26-/m1/s1. The minimum absolute atomic E-state index is 0.0211. The number of ether oxygens (including phenoxy) is 1. The minimum atomic E-state index is -0.522. The summed E-state index contributed by atoms with van der Waals surface area (Å²) in [7, 11) is 2.04. The first-order valence-electron chi connectivity index (χ1n) is 15.7. The van der Waals surface area contributed by atoms with Gasteiger partial charge in [0.1, 0.15) is 11.9 Å². The second-order valence-corrected chi connectivity index (χ2v) is 11.7. The number of halogens is 1. The van der Waals surface area contributed by atoms with Crippen LogP contribution in [0.4, 0.5) is 14.9 Å². The number of amides is 2. The molecule has 12 heteroatoms. The third-order valence-corrected chi connectivity index (χ3v) is 8.75. The van der Waals surface area contributed by atoms with E-state index < -0.39 is 5.82 Å². The summed E-state index contributed by atoms with van der Waals surface area (Å²) >= 11 is 0. The molecule has 0 aliphatic carbocycles.